The van der Waals surface area contributed by atoms with Gasteiger partial charge in [0.05, 0.1) is 12.5 Å². The van der Waals surface area contributed by atoms with Gasteiger partial charge in [0.15, 0.2) is 0 Å². The SMILES string of the molecule is COc1ccc(CC(Cl)c2cc3ccc(F)cc3s2)cc1. The molecule has 1 atom stereocenters. The largest absolute Gasteiger partial charge is 0.497 e. The molecule has 21 heavy (non-hydrogen) atoms. The van der Waals surface area contributed by atoms with E-state index in [0.717, 1.165) is 32.7 Å². The number of hydrogen-bond acceptors (Lipinski definition) is 2. The molecule has 4 heteroatoms. The summed E-state index contributed by atoms with van der Waals surface area (Å²) < 4.78 is 19.3. The maximum absolute atomic E-state index is 13.2. The van der Waals surface area contributed by atoms with E-state index in [0.29, 0.717) is 0 Å². The number of hydrogen-bond donors (Lipinski definition) is 0. The highest BCUT2D eigenvalue weighted by molar-refractivity contribution is 7.19. The molecule has 0 bridgehead atoms. The molecular formula is C17H14ClFOS. The summed E-state index contributed by atoms with van der Waals surface area (Å²) in [4.78, 5) is 1.06. The Morgan fingerprint density at radius 2 is 1.90 bits per heavy atom. The second kappa shape index (κ2) is 6.04. The van der Waals surface area contributed by atoms with Crippen LogP contribution in [-0.2, 0) is 6.42 Å². The van der Waals surface area contributed by atoms with Crippen LogP contribution in [0.2, 0.25) is 0 Å². The Morgan fingerprint density at radius 3 is 2.62 bits per heavy atom. The van der Waals surface area contributed by atoms with E-state index in [4.69, 9.17) is 16.3 Å². The van der Waals surface area contributed by atoms with Gasteiger partial charge in [0.2, 0.25) is 0 Å². The highest BCUT2D eigenvalue weighted by atomic mass is 35.5. The van der Waals surface area contributed by atoms with Gasteiger partial charge in [-0.1, -0.05) is 18.2 Å². The summed E-state index contributed by atoms with van der Waals surface area (Å²) in [6.07, 6.45) is 0.737. The molecule has 0 radical (unpaired) electrons. The van der Waals surface area contributed by atoms with E-state index in [1.165, 1.54) is 6.07 Å². The number of thiophene rings is 1. The lowest BCUT2D eigenvalue weighted by Crippen LogP contribution is -1.93. The first-order chi connectivity index (χ1) is 10.2. The van der Waals surface area contributed by atoms with Gasteiger partial charge in [0.1, 0.15) is 11.6 Å². The van der Waals surface area contributed by atoms with Crippen LogP contribution >= 0.6 is 22.9 Å². The number of fused-ring (bicyclic) bond motifs is 1. The highest BCUT2D eigenvalue weighted by Crippen LogP contribution is 2.35. The minimum Gasteiger partial charge on any atom is -0.497 e. The minimum absolute atomic E-state index is 0.112. The zero-order chi connectivity index (χ0) is 14.8. The monoisotopic (exact) mass is 320 g/mol. The summed E-state index contributed by atoms with van der Waals surface area (Å²) in [6, 6.07) is 14.8. The smallest absolute Gasteiger partial charge is 0.124 e. The molecule has 0 spiro atoms. The fraction of sp³-hybridized carbons (Fsp3) is 0.176. The van der Waals surface area contributed by atoms with Crippen LogP contribution in [0.3, 0.4) is 0 Å². The number of halogens is 2. The Hall–Kier alpha value is -1.58. The zero-order valence-electron chi connectivity index (χ0n) is 11.5. The molecule has 0 saturated carbocycles. The quantitative estimate of drug-likeness (QED) is 0.571. The molecule has 0 aliphatic heterocycles. The Balaban J connectivity index is 1.80. The van der Waals surface area contributed by atoms with Crippen LogP contribution in [0.4, 0.5) is 4.39 Å². The first-order valence-electron chi connectivity index (χ1n) is 6.62. The number of rotatable bonds is 4. The van der Waals surface area contributed by atoms with Crippen molar-refractivity contribution in [3.05, 3.63) is 64.8 Å². The summed E-state index contributed by atoms with van der Waals surface area (Å²) in [6.45, 7) is 0. The molecule has 2 aromatic carbocycles. The predicted octanol–water partition coefficient (Wildman–Crippen LogP) is 5.57. The Labute approximate surface area is 131 Å². The van der Waals surface area contributed by atoms with E-state index in [1.54, 1.807) is 30.6 Å². The van der Waals surface area contributed by atoms with Crippen molar-refractivity contribution in [2.45, 2.75) is 11.8 Å². The molecule has 1 nitrogen and oxygen atoms in total. The van der Waals surface area contributed by atoms with Crippen LogP contribution < -0.4 is 4.74 Å². The average Bonchev–Trinajstić information content (AvgIpc) is 2.91. The third-order valence-electron chi connectivity index (χ3n) is 3.38. The van der Waals surface area contributed by atoms with Crippen molar-refractivity contribution in [1.82, 2.24) is 0 Å². The lowest BCUT2D eigenvalue weighted by atomic mass is 10.1. The van der Waals surface area contributed by atoms with Crippen LogP contribution in [-0.4, -0.2) is 7.11 Å². The first-order valence-corrected chi connectivity index (χ1v) is 7.87. The molecular weight excluding hydrogens is 307 g/mol. The summed E-state index contributed by atoms with van der Waals surface area (Å²) >= 11 is 8.06. The van der Waals surface area contributed by atoms with E-state index in [1.807, 2.05) is 30.3 Å². The fourth-order valence-corrected chi connectivity index (χ4v) is 3.69. The number of ether oxygens (including phenoxy) is 1. The highest BCUT2D eigenvalue weighted by Gasteiger charge is 2.13. The van der Waals surface area contributed by atoms with Gasteiger partial charge in [-0.3, -0.25) is 0 Å². The average molecular weight is 321 g/mol. The lowest BCUT2D eigenvalue weighted by Gasteiger charge is -2.08. The second-order valence-corrected chi connectivity index (χ2v) is 6.49. The standard InChI is InChI=1S/C17H14ClFOS/c1-20-14-6-2-11(3-7-14)8-15(18)17-9-12-4-5-13(19)10-16(12)21-17/h2-7,9-10,15H,8H2,1H3. The van der Waals surface area contributed by atoms with Gasteiger partial charge < -0.3 is 4.74 Å². The van der Waals surface area contributed by atoms with Crippen LogP contribution in [0.15, 0.2) is 48.5 Å². The van der Waals surface area contributed by atoms with E-state index in [-0.39, 0.29) is 11.2 Å². The van der Waals surface area contributed by atoms with Crippen LogP contribution in [0.5, 0.6) is 5.75 Å². The van der Waals surface area contributed by atoms with Crippen molar-refractivity contribution in [2.75, 3.05) is 7.11 Å². The topological polar surface area (TPSA) is 9.23 Å². The molecule has 108 valence electrons. The van der Waals surface area contributed by atoms with E-state index in [2.05, 4.69) is 0 Å². The third-order valence-corrected chi connectivity index (χ3v) is 5.11. The molecule has 0 fully saturated rings. The second-order valence-electron chi connectivity index (χ2n) is 4.85. The van der Waals surface area contributed by atoms with E-state index in [9.17, 15) is 4.39 Å². The Kier molecular flexibility index (Phi) is 4.13. The van der Waals surface area contributed by atoms with Gasteiger partial charge in [0.25, 0.3) is 0 Å². The maximum Gasteiger partial charge on any atom is 0.124 e. The van der Waals surface area contributed by atoms with Crippen LogP contribution in [0.1, 0.15) is 15.8 Å². The molecule has 0 N–H and O–H groups in total. The van der Waals surface area contributed by atoms with Gasteiger partial charge in [-0.15, -0.1) is 22.9 Å². The van der Waals surface area contributed by atoms with E-state index >= 15 is 0 Å². The normalized spacial score (nSPS) is 12.5. The van der Waals surface area contributed by atoms with Gasteiger partial charge in [-0.25, -0.2) is 4.39 Å². The van der Waals surface area contributed by atoms with Crippen LogP contribution in [0, 0.1) is 5.82 Å². The number of alkyl halides is 1. The molecule has 1 aromatic heterocycles. The Morgan fingerprint density at radius 1 is 1.14 bits per heavy atom. The van der Waals surface area contributed by atoms with Gasteiger partial charge in [0, 0.05) is 9.58 Å². The molecule has 0 amide bonds. The predicted molar refractivity (Wildman–Crippen MR) is 87.1 cm³/mol. The molecule has 0 aliphatic carbocycles. The molecule has 3 rings (SSSR count). The summed E-state index contributed by atoms with van der Waals surface area (Å²) in [7, 11) is 1.65. The van der Waals surface area contributed by atoms with Crippen molar-refractivity contribution >= 4 is 33.0 Å². The van der Waals surface area contributed by atoms with E-state index < -0.39 is 0 Å². The van der Waals surface area contributed by atoms with Crippen molar-refractivity contribution in [1.29, 1.82) is 0 Å². The fourth-order valence-electron chi connectivity index (χ4n) is 2.25. The van der Waals surface area contributed by atoms with Crippen molar-refractivity contribution in [3.8, 4) is 5.75 Å². The Bertz CT molecular complexity index is 751. The molecule has 3 aromatic rings. The number of methoxy groups -OCH3 is 1. The van der Waals surface area contributed by atoms with Crippen molar-refractivity contribution < 1.29 is 9.13 Å². The van der Waals surface area contributed by atoms with Gasteiger partial charge >= 0.3 is 0 Å². The summed E-state index contributed by atoms with van der Waals surface area (Å²) in [5.74, 6) is 0.624. The number of benzene rings is 2. The summed E-state index contributed by atoms with van der Waals surface area (Å²) in [5.41, 5.74) is 1.15. The third kappa shape index (κ3) is 3.20. The van der Waals surface area contributed by atoms with Crippen LogP contribution in [0.25, 0.3) is 10.1 Å². The zero-order valence-corrected chi connectivity index (χ0v) is 13.0. The lowest BCUT2D eigenvalue weighted by molar-refractivity contribution is 0.414. The summed E-state index contributed by atoms with van der Waals surface area (Å²) in [5, 5.41) is 0.927. The van der Waals surface area contributed by atoms with Gasteiger partial charge in [-0.2, -0.15) is 0 Å². The molecule has 0 aliphatic rings. The minimum atomic E-state index is -0.211. The van der Waals surface area contributed by atoms with Crippen molar-refractivity contribution in [2.24, 2.45) is 0 Å². The molecule has 1 unspecified atom stereocenters. The molecule has 0 saturated heterocycles. The first kappa shape index (κ1) is 14.4. The van der Waals surface area contributed by atoms with Gasteiger partial charge in [-0.05, 0) is 47.7 Å². The molecule has 1 heterocycles. The van der Waals surface area contributed by atoms with Crippen molar-refractivity contribution in [3.63, 3.8) is 0 Å². The maximum atomic E-state index is 13.2.